The second-order valence-corrected chi connectivity index (χ2v) is 11.1. The predicted molar refractivity (Wildman–Crippen MR) is 166 cm³/mol. The van der Waals surface area contributed by atoms with E-state index in [1.807, 2.05) is 25.1 Å². The number of nitrogens with zero attached hydrogens (tertiary/aromatic N) is 2. The maximum absolute atomic E-state index is 13.4. The number of amides is 1. The number of aryl methyl sites for hydroxylation is 1. The fourth-order valence-corrected chi connectivity index (χ4v) is 5.92. The molecule has 0 aliphatic rings. The molecule has 1 heterocycles. The Kier molecular flexibility index (Phi) is 8.36. The summed E-state index contributed by atoms with van der Waals surface area (Å²) in [5.41, 5.74) is 6.57. The average molecular weight is 691 g/mol. The summed E-state index contributed by atoms with van der Waals surface area (Å²) >= 11 is 13.4. The maximum atomic E-state index is 13.4. The average Bonchev–Trinajstić information content (AvgIpc) is 3.34. The van der Waals surface area contributed by atoms with Crippen molar-refractivity contribution in [2.75, 3.05) is 0 Å². The molecule has 0 bridgehead atoms. The van der Waals surface area contributed by atoms with Crippen LogP contribution >= 0.6 is 43.5 Å². The molecule has 0 spiro atoms. The Morgan fingerprint density at radius 1 is 1.05 bits per heavy atom. The van der Waals surface area contributed by atoms with E-state index in [1.54, 1.807) is 60.7 Å². The lowest BCUT2D eigenvalue weighted by molar-refractivity contribution is 0.0732. The third-order valence-corrected chi connectivity index (χ3v) is 7.56. The number of hydrogen-bond donors (Lipinski definition) is 2. The van der Waals surface area contributed by atoms with Gasteiger partial charge in [-0.2, -0.15) is 10.4 Å². The van der Waals surface area contributed by atoms with E-state index in [4.69, 9.17) is 16.3 Å². The van der Waals surface area contributed by atoms with Crippen molar-refractivity contribution in [3.05, 3.63) is 121 Å². The number of benzene rings is 4. The highest BCUT2D eigenvalue weighted by Crippen LogP contribution is 2.38. The number of hydrazone groups is 1. The van der Waals surface area contributed by atoms with Gasteiger partial charge in [0.2, 0.25) is 0 Å². The smallest absolute Gasteiger partial charge is 0.343 e. The molecule has 0 fully saturated rings. The van der Waals surface area contributed by atoms with Crippen LogP contribution in [0.15, 0.2) is 92.9 Å². The minimum Gasteiger partial charge on any atom is -0.421 e. The molecule has 5 rings (SSSR count). The van der Waals surface area contributed by atoms with Crippen molar-refractivity contribution in [2.45, 2.75) is 6.92 Å². The number of halogens is 3. The van der Waals surface area contributed by atoms with Gasteiger partial charge in [0.05, 0.1) is 27.3 Å². The van der Waals surface area contributed by atoms with Gasteiger partial charge in [0.15, 0.2) is 5.75 Å². The van der Waals surface area contributed by atoms with Crippen LogP contribution in [-0.4, -0.2) is 23.1 Å². The summed E-state index contributed by atoms with van der Waals surface area (Å²) in [6.07, 6.45) is 1.38. The zero-order valence-electron chi connectivity index (χ0n) is 21.3. The van der Waals surface area contributed by atoms with Crippen LogP contribution in [0.2, 0.25) is 5.02 Å². The van der Waals surface area contributed by atoms with Crippen molar-refractivity contribution in [3.8, 4) is 22.9 Å². The van der Waals surface area contributed by atoms with Crippen molar-refractivity contribution in [2.24, 2.45) is 5.10 Å². The molecule has 4 aromatic carbocycles. The number of hydrogen-bond acceptors (Lipinski definition) is 5. The van der Waals surface area contributed by atoms with Crippen molar-refractivity contribution < 1.29 is 14.3 Å². The molecule has 10 heteroatoms. The summed E-state index contributed by atoms with van der Waals surface area (Å²) in [4.78, 5) is 29.4. The zero-order chi connectivity index (χ0) is 29.1. The molecular weight excluding hydrogens is 672 g/mol. The number of ether oxygens (including phenoxy) is 1. The molecule has 2 N–H and O–H groups in total. The third-order valence-electron chi connectivity index (χ3n) is 6.18. The largest absolute Gasteiger partial charge is 0.421 e. The van der Waals surface area contributed by atoms with Gasteiger partial charge in [-0.15, -0.1) is 0 Å². The SMILES string of the molecule is Cc1cccc(C(=O)Oc2c(Br)cc(Br)cc2C=NNC(=O)c2[nH]c3c(C#N)cccc3c2-c2ccccc2Cl)c1. The van der Waals surface area contributed by atoms with E-state index < -0.39 is 11.9 Å². The molecular formula is C31H19Br2ClN4O3. The van der Waals surface area contributed by atoms with E-state index in [0.29, 0.717) is 52.7 Å². The van der Waals surface area contributed by atoms with E-state index in [-0.39, 0.29) is 11.4 Å². The third kappa shape index (κ3) is 5.95. The zero-order valence-corrected chi connectivity index (χ0v) is 25.3. The van der Waals surface area contributed by atoms with E-state index in [1.165, 1.54) is 6.21 Å². The Morgan fingerprint density at radius 3 is 2.59 bits per heavy atom. The van der Waals surface area contributed by atoms with Crippen LogP contribution in [0.5, 0.6) is 5.75 Å². The number of carbonyl (C=O) groups is 2. The second-order valence-electron chi connectivity index (χ2n) is 8.96. The normalized spacial score (nSPS) is 11.0. The molecule has 202 valence electrons. The first kappa shape index (κ1) is 28.3. The molecule has 0 radical (unpaired) electrons. The summed E-state index contributed by atoms with van der Waals surface area (Å²) in [5, 5.41) is 14.9. The van der Waals surface area contributed by atoms with Crippen LogP contribution in [0, 0.1) is 18.3 Å². The van der Waals surface area contributed by atoms with Crippen LogP contribution in [-0.2, 0) is 0 Å². The molecule has 0 atom stereocenters. The van der Waals surface area contributed by atoms with Gasteiger partial charge in [-0.25, -0.2) is 10.2 Å². The van der Waals surface area contributed by atoms with Crippen LogP contribution < -0.4 is 10.2 Å². The lowest BCUT2D eigenvalue weighted by atomic mass is 10.0. The number of para-hydroxylation sites is 1. The number of aromatic amines is 1. The lowest BCUT2D eigenvalue weighted by Crippen LogP contribution is -2.19. The fourth-order valence-electron chi connectivity index (χ4n) is 4.35. The molecule has 1 aromatic heterocycles. The molecule has 41 heavy (non-hydrogen) atoms. The summed E-state index contributed by atoms with van der Waals surface area (Å²) in [6.45, 7) is 1.89. The minimum absolute atomic E-state index is 0.189. The van der Waals surface area contributed by atoms with Crippen molar-refractivity contribution in [1.29, 1.82) is 5.26 Å². The first-order valence-electron chi connectivity index (χ1n) is 12.2. The van der Waals surface area contributed by atoms with Crippen LogP contribution in [0.3, 0.4) is 0 Å². The Labute approximate surface area is 257 Å². The van der Waals surface area contributed by atoms with Gasteiger partial charge >= 0.3 is 5.97 Å². The van der Waals surface area contributed by atoms with Crippen molar-refractivity contribution in [3.63, 3.8) is 0 Å². The molecule has 7 nitrogen and oxygen atoms in total. The Hall–Kier alpha value is -4.23. The van der Waals surface area contributed by atoms with Crippen LogP contribution in [0.1, 0.15) is 37.5 Å². The number of nitriles is 1. The van der Waals surface area contributed by atoms with Gasteiger partial charge in [0.1, 0.15) is 11.8 Å². The minimum atomic E-state index is -0.552. The molecule has 0 saturated carbocycles. The molecule has 0 aliphatic heterocycles. The summed E-state index contributed by atoms with van der Waals surface area (Å²) in [5.74, 6) is -0.853. The highest BCUT2D eigenvalue weighted by atomic mass is 79.9. The van der Waals surface area contributed by atoms with Crippen LogP contribution in [0.25, 0.3) is 22.0 Å². The summed E-state index contributed by atoms with van der Waals surface area (Å²) in [6, 6.07) is 25.0. The number of esters is 1. The standard InChI is InChI=1S/C31H19Br2ClN4O3/c1-17-6-4-7-18(12-17)31(40)41-29-20(13-21(32)14-24(29)33)16-36-38-30(39)28-26(22-9-2-3-11-25(22)34)23-10-5-8-19(15-35)27(23)37-28/h2-14,16,37H,1H3,(H,38,39). The monoisotopic (exact) mass is 688 g/mol. The quantitative estimate of drug-likeness (QED) is 0.0811. The Balaban J connectivity index is 1.48. The fraction of sp³-hybridized carbons (Fsp3) is 0.0323. The molecule has 0 aliphatic carbocycles. The highest BCUT2D eigenvalue weighted by Gasteiger charge is 2.22. The topological polar surface area (TPSA) is 107 Å². The van der Waals surface area contributed by atoms with Gasteiger partial charge in [-0.1, -0.05) is 75.6 Å². The van der Waals surface area contributed by atoms with Gasteiger partial charge in [-0.05, 0) is 59.3 Å². The molecule has 0 unspecified atom stereocenters. The van der Waals surface area contributed by atoms with Gasteiger partial charge < -0.3 is 9.72 Å². The Bertz CT molecular complexity index is 1910. The number of H-pyrrole nitrogens is 1. The van der Waals surface area contributed by atoms with Crippen molar-refractivity contribution >= 4 is 72.5 Å². The molecule has 5 aromatic rings. The predicted octanol–water partition coefficient (Wildman–Crippen LogP) is 8.18. The molecule has 0 saturated heterocycles. The number of aromatic nitrogens is 1. The molecule has 1 amide bonds. The van der Waals surface area contributed by atoms with Crippen molar-refractivity contribution in [1.82, 2.24) is 10.4 Å². The highest BCUT2D eigenvalue weighted by molar-refractivity contribution is 9.11. The van der Waals surface area contributed by atoms with E-state index >= 15 is 0 Å². The number of nitrogens with one attached hydrogen (secondary N) is 2. The summed E-state index contributed by atoms with van der Waals surface area (Å²) < 4.78 is 6.93. The van der Waals surface area contributed by atoms with E-state index in [0.717, 1.165) is 5.56 Å². The maximum Gasteiger partial charge on any atom is 0.343 e. The van der Waals surface area contributed by atoms with E-state index in [9.17, 15) is 14.9 Å². The van der Waals surface area contributed by atoms with Gasteiger partial charge in [0.25, 0.3) is 5.91 Å². The Morgan fingerprint density at radius 2 is 1.83 bits per heavy atom. The lowest BCUT2D eigenvalue weighted by Gasteiger charge is -2.11. The first-order chi connectivity index (χ1) is 19.8. The van der Waals surface area contributed by atoms with Gasteiger partial charge in [0, 0.05) is 31.6 Å². The number of rotatable bonds is 6. The van der Waals surface area contributed by atoms with Crippen LogP contribution in [0.4, 0.5) is 0 Å². The van der Waals surface area contributed by atoms with E-state index in [2.05, 4.69) is 53.4 Å². The van der Waals surface area contributed by atoms with Gasteiger partial charge in [-0.3, -0.25) is 4.79 Å². The number of carbonyl (C=O) groups excluding carboxylic acids is 2. The number of fused-ring (bicyclic) bond motifs is 1. The summed E-state index contributed by atoms with van der Waals surface area (Å²) in [7, 11) is 0. The second kappa shape index (κ2) is 12.1. The first-order valence-corrected chi connectivity index (χ1v) is 14.1.